The van der Waals surface area contributed by atoms with E-state index in [1.54, 1.807) is 30.5 Å². The van der Waals surface area contributed by atoms with Gasteiger partial charge >= 0.3 is 0 Å². The summed E-state index contributed by atoms with van der Waals surface area (Å²) in [6.07, 6.45) is 3.90. The quantitative estimate of drug-likeness (QED) is 0.734. The lowest BCUT2D eigenvalue weighted by molar-refractivity contribution is 0.120. The number of phenolic OH excluding ortho intramolecular Hbond substituents is 1. The lowest BCUT2D eigenvalue weighted by Gasteiger charge is -2.13. The number of aromatic hydroxyl groups is 1. The Balaban J connectivity index is 1.67. The molecule has 6 nitrogen and oxygen atoms in total. The molecule has 1 aliphatic heterocycles. The fraction of sp³-hybridized carbons (Fsp3) is 0.333. The van der Waals surface area contributed by atoms with Crippen molar-refractivity contribution in [2.24, 2.45) is 0 Å². The summed E-state index contributed by atoms with van der Waals surface area (Å²) in [5, 5.41) is 16.0. The summed E-state index contributed by atoms with van der Waals surface area (Å²) in [5.74, 6) is 1.22. The lowest BCUT2D eigenvalue weighted by Crippen LogP contribution is -2.19. The van der Waals surface area contributed by atoms with Gasteiger partial charge in [-0.15, -0.1) is 0 Å². The van der Waals surface area contributed by atoms with E-state index in [4.69, 9.17) is 16.3 Å². The third-order valence-electron chi connectivity index (χ3n) is 3.39. The molecule has 3 rings (SSSR count). The minimum absolute atomic E-state index is 0.208. The van der Waals surface area contributed by atoms with Gasteiger partial charge in [-0.05, 0) is 37.1 Å². The summed E-state index contributed by atoms with van der Waals surface area (Å²) in [6.45, 7) is 1.49. The zero-order valence-electron chi connectivity index (χ0n) is 11.9. The fourth-order valence-corrected chi connectivity index (χ4v) is 2.40. The lowest BCUT2D eigenvalue weighted by atomic mass is 10.2. The number of phenols is 1. The molecular formula is C15H17ClN4O2. The molecule has 1 saturated heterocycles. The van der Waals surface area contributed by atoms with Crippen LogP contribution in [0, 0.1) is 0 Å². The van der Waals surface area contributed by atoms with Crippen LogP contribution in [0.2, 0.25) is 5.02 Å². The Kier molecular flexibility index (Phi) is 4.60. The molecule has 22 heavy (non-hydrogen) atoms. The Morgan fingerprint density at radius 1 is 1.32 bits per heavy atom. The van der Waals surface area contributed by atoms with Gasteiger partial charge in [0.25, 0.3) is 0 Å². The number of anilines is 3. The van der Waals surface area contributed by atoms with Gasteiger partial charge in [-0.1, -0.05) is 11.6 Å². The third-order valence-corrected chi connectivity index (χ3v) is 3.67. The van der Waals surface area contributed by atoms with Crippen LogP contribution in [0.3, 0.4) is 0 Å². The largest absolute Gasteiger partial charge is 0.508 e. The number of benzene rings is 1. The zero-order chi connectivity index (χ0) is 15.4. The maximum absolute atomic E-state index is 9.28. The SMILES string of the molecule is Oc1ccc(Nc2ncc(Cl)c(NCC3CCCO3)n2)cc1. The second-order valence-electron chi connectivity index (χ2n) is 5.08. The molecule has 1 aromatic carbocycles. The van der Waals surface area contributed by atoms with E-state index < -0.39 is 0 Å². The van der Waals surface area contributed by atoms with Crippen LogP contribution in [0.25, 0.3) is 0 Å². The van der Waals surface area contributed by atoms with Crippen LogP contribution in [0.1, 0.15) is 12.8 Å². The van der Waals surface area contributed by atoms with Gasteiger partial charge in [0.05, 0.1) is 12.3 Å². The van der Waals surface area contributed by atoms with Crippen LogP contribution < -0.4 is 10.6 Å². The van der Waals surface area contributed by atoms with E-state index in [2.05, 4.69) is 20.6 Å². The first-order valence-electron chi connectivity index (χ1n) is 7.15. The molecule has 1 aliphatic rings. The second kappa shape index (κ2) is 6.81. The average molecular weight is 321 g/mol. The number of hydrogen-bond donors (Lipinski definition) is 3. The van der Waals surface area contributed by atoms with E-state index in [-0.39, 0.29) is 11.9 Å². The number of hydrogen-bond acceptors (Lipinski definition) is 6. The number of nitrogens with zero attached hydrogens (tertiary/aromatic N) is 2. The highest BCUT2D eigenvalue weighted by atomic mass is 35.5. The first kappa shape index (κ1) is 14.9. The molecule has 0 amide bonds. The first-order valence-corrected chi connectivity index (χ1v) is 7.52. The molecule has 0 spiro atoms. The summed E-state index contributed by atoms with van der Waals surface area (Å²) in [6, 6.07) is 6.67. The van der Waals surface area contributed by atoms with Crippen molar-refractivity contribution in [1.29, 1.82) is 0 Å². The van der Waals surface area contributed by atoms with Crippen molar-refractivity contribution >= 4 is 29.1 Å². The molecule has 2 aromatic rings. The second-order valence-corrected chi connectivity index (χ2v) is 5.49. The van der Waals surface area contributed by atoms with Crippen molar-refractivity contribution in [3.8, 4) is 5.75 Å². The maximum atomic E-state index is 9.28. The van der Waals surface area contributed by atoms with E-state index in [0.717, 1.165) is 25.1 Å². The van der Waals surface area contributed by atoms with E-state index in [1.807, 2.05) is 0 Å². The minimum atomic E-state index is 0.208. The molecule has 0 aliphatic carbocycles. The topological polar surface area (TPSA) is 79.3 Å². The highest BCUT2D eigenvalue weighted by Gasteiger charge is 2.16. The molecule has 7 heteroatoms. The van der Waals surface area contributed by atoms with Crippen LogP contribution in [0.15, 0.2) is 30.5 Å². The summed E-state index contributed by atoms with van der Waals surface area (Å²) in [5.41, 5.74) is 0.783. The molecule has 0 saturated carbocycles. The Hall–Kier alpha value is -2.05. The Morgan fingerprint density at radius 2 is 2.14 bits per heavy atom. The van der Waals surface area contributed by atoms with Crippen molar-refractivity contribution < 1.29 is 9.84 Å². The van der Waals surface area contributed by atoms with Crippen LogP contribution >= 0.6 is 11.6 Å². The Labute approximate surface area is 133 Å². The molecule has 2 heterocycles. The number of rotatable bonds is 5. The number of ether oxygens (including phenoxy) is 1. The van der Waals surface area contributed by atoms with Crippen molar-refractivity contribution in [2.75, 3.05) is 23.8 Å². The predicted octanol–water partition coefficient (Wildman–Crippen LogP) is 3.17. The van der Waals surface area contributed by atoms with Crippen LogP contribution in [0.5, 0.6) is 5.75 Å². The van der Waals surface area contributed by atoms with E-state index >= 15 is 0 Å². The van der Waals surface area contributed by atoms with Crippen molar-refractivity contribution in [2.45, 2.75) is 18.9 Å². The van der Waals surface area contributed by atoms with Crippen LogP contribution in [-0.2, 0) is 4.74 Å². The van der Waals surface area contributed by atoms with Gasteiger partial charge < -0.3 is 20.5 Å². The van der Waals surface area contributed by atoms with Crippen molar-refractivity contribution in [1.82, 2.24) is 9.97 Å². The monoisotopic (exact) mass is 320 g/mol. The Bertz CT molecular complexity index is 630. The van der Waals surface area contributed by atoms with Gasteiger partial charge in [-0.2, -0.15) is 4.98 Å². The summed E-state index contributed by atoms with van der Waals surface area (Å²) in [7, 11) is 0. The summed E-state index contributed by atoms with van der Waals surface area (Å²) in [4.78, 5) is 8.52. The standard InChI is InChI=1S/C15H17ClN4O2/c16-13-9-18-15(19-10-3-5-11(21)6-4-10)20-14(13)17-8-12-2-1-7-22-12/h3-6,9,12,21H,1-2,7-8H2,(H2,17,18,19,20). The Morgan fingerprint density at radius 3 is 2.86 bits per heavy atom. The molecule has 1 unspecified atom stereocenters. The molecular weight excluding hydrogens is 304 g/mol. The van der Waals surface area contributed by atoms with Gasteiger partial charge in [0.2, 0.25) is 5.95 Å². The van der Waals surface area contributed by atoms with Gasteiger partial charge in [0.15, 0.2) is 5.82 Å². The summed E-state index contributed by atoms with van der Waals surface area (Å²) < 4.78 is 5.56. The van der Waals surface area contributed by atoms with E-state index in [9.17, 15) is 5.11 Å². The van der Waals surface area contributed by atoms with Gasteiger partial charge in [-0.3, -0.25) is 0 Å². The number of nitrogens with one attached hydrogen (secondary N) is 2. The highest BCUT2D eigenvalue weighted by Crippen LogP contribution is 2.23. The molecule has 0 bridgehead atoms. The van der Waals surface area contributed by atoms with Gasteiger partial charge in [0, 0.05) is 18.8 Å². The predicted molar refractivity (Wildman–Crippen MR) is 85.9 cm³/mol. The van der Waals surface area contributed by atoms with Crippen LogP contribution in [-0.4, -0.2) is 34.3 Å². The smallest absolute Gasteiger partial charge is 0.229 e. The zero-order valence-corrected chi connectivity index (χ0v) is 12.7. The van der Waals surface area contributed by atoms with Gasteiger partial charge in [-0.25, -0.2) is 4.98 Å². The summed E-state index contributed by atoms with van der Waals surface area (Å²) >= 11 is 6.12. The highest BCUT2D eigenvalue weighted by molar-refractivity contribution is 6.32. The normalized spacial score (nSPS) is 17.4. The molecule has 0 radical (unpaired) electrons. The van der Waals surface area contributed by atoms with E-state index in [1.165, 1.54) is 0 Å². The molecule has 1 atom stereocenters. The third kappa shape index (κ3) is 3.78. The maximum Gasteiger partial charge on any atom is 0.229 e. The number of aromatic nitrogens is 2. The fourth-order valence-electron chi connectivity index (χ4n) is 2.24. The van der Waals surface area contributed by atoms with Crippen molar-refractivity contribution in [3.63, 3.8) is 0 Å². The average Bonchev–Trinajstić information content (AvgIpc) is 3.03. The van der Waals surface area contributed by atoms with Crippen LogP contribution in [0.4, 0.5) is 17.5 Å². The molecule has 116 valence electrons. The minimum Gasteiger partial charge on any atom is -0.508 e. The molecule has 1 aromatic heterocycles. The first-order chi connectivity index (χ1) is 10.7. The van der Waals surface area contributed by atoms with Crippen molar-refractivity contribution in [3.05, 3.63) is 35.5 Å². The van der Waals surface area contributed by atoms with E-state index in [0.29, 0.717) is 23.3 Å². The van der Waals surface area contributed by atoms with Gasteiger partial charge in [0.1, 0.15) is 10.8 Å². The number of halogens is 1. The molecule has 3 N–H and O–H groups in total. The molecule has 1 fully saturated rings.